The van der Waals surface area contributed by atoms with Gasteiger partial charge in [-0.1, -0.05) is 13.8 Å². The molecule has 0 atom stereocenters. The van der Waals surface area contributed by atoms with Gasteiger partial charge in [0.25, 0.3) is 0 Å². The molecule has 0 bridgehead atoms. The second kappa shape index (κ2) is 5.98. The molecule has 2 rings (SSSR count). The van der Waals surface area contributed by atoms with E-state index < -0.39 is 0 Å². The first-order valence-corrected chi connectivity index (χ1v) is 6.13. The van der Waals surface area contributed by atoms with Crippen molar-refractivity contribution in [2.75, 3.05) is 19.8 Å². The number of hydrogen-bond donors (Lipinski definition) is 1. The average molecular weight is 236 g/mol. The third kappa shape index (κ3) is 3.68. The van der Waals surface area contributed by atoms with Crippen molar-refractivity contribution in [1.29, 1.82) is 0 Å². The highest BCUT2D eigenvalue weighted by Gasteiger charge is 2.21. The molecule has 1 aliphatic rings. The van der Waals surface area contributed by atoms with Crippen molar-refractivity contribution in [2.24, 2.45) is 5.92 Å². The number of nitrogens with one attached hydrogen (secondary N) is 1. The number of ether oxygens (including phenoxy) is 2. The molecule has 94 valence electrons. The van der Waals surface area contributed by atoms with Gasteiger partial charge in [-0.15, -0.1) is 0 Å². The van der Waals surface area contributed by atoms with Crippen molar-refractivity contribution in [1.82, 2.24) is 10.3 Å². The fraction of sp³-hybridized carbons (Fsp3) is 0.615. The van der Waals surface area contributed by atoms with E-state index in [1.165, 1.54) is 0 Å². The highest BCUT2D eigenvalue weighted by molar-refractivity contribution is 5.30. The number of aromatic nitrogens is 1. The monoisotopic (exact) mass is 236 g/mol. The van der Waals surface area contributed by atoms with Gasteiger partial charge in [0.1, 0.15) is 11.9 Å². The average Bonchev–Trinajstić information content (AvgIpc) is 2.25. The van der Waals surface area contributed by atoms with Crippen molar-refractivity contribution in [3.05, 3.63) is 24.0 Å². The topological polar surface area (TPSA) is 43.4 Å². The van der Waals surface area contributed by atoms with E-state index in [1.807, 2.05) is 6.07 Å². The van der Waals surface area contributed by atoms with Gasteiger partial charge < -0.3 is 14.8 Å². The highest BCUT2D eigenvalue weighted by atomic mass is 16.6. The molecule has 0 radical (unpaired) electrons. The molecule has 0 unspecified atom stereocenters. The molecule has 4 heteroatoms. The summed E-state index contributed by atoms with van der Waals surface area (Å²) in [5.41, 5.74) is 1.16. The number of hydrogen-bond acceptors (Lipinski definition) is 4. The summed E-state index contributed by atoms with van der Waals surface area (Å²) >= 11 is 0. The third-order valence-electron chi connectivity index (χ3n) is 2.64. The van der Waals surface area contributed by atoms with E-state index in [2.05, 4.69) is 24.1 Å². The Balaban J connectivity index is 1.90. The van der Waals surface area contributed by atoms with Crippen LogP contribution in [0.3, 0.4) is 0 Å². The Morgan fingerprint density at radius 3 is 3.00 bits per heavy atom. The first kappa shape index (κ1) is 12.3. The van der Waals surface area contributed by atoms with Gasteiger partial charge in [0.05, 0.1) is 19.4 Å². The van der Waals surface area contributed by atoms with Crippen LogP contribution in [-0.4, -0.2) is 30.8 Å². The normalized spacial score (nSPS) is 15.9. The smallest absolute Gasteiger partial charge is 0.145 e. The van der Waals surface area contributed by atoms with Crippen molar-refractivity contribution in [2.45, 2.75) is 26.5 Å². The molecule has 17 heavy (non-hydrogen) atoms. The van der Waals surface area contributed by atoms with Gasteiger partial charge >= 0.3 is 0 Å². The third-order valence-corrected chi connectivity index (χ3v) is 2.64. The van der Waals surface area contributed by atoms with Crippen molar-refractivity contribution in [3.8, 4) is 5.75 Å². The summed E-state index contributed by atoms with van der Waals surface area (Å²) in [6, 6.07) is 2.00. The predicted molar refractivity (Wildman–Crippen MR) is 66.0 cm³/mol. The molecule has 2 heterocycles. The number of pyridine rings is 1. The van der Waals surface area contributed by atoms with Crippen LogP contribution in [0.4, 0.5) is 0 Å². The quantitative estimate of drug-likeness (QED) is 0.815. The minimum Gasteiger partial charge on any atom is -0.484 e. The van der Waals surface area contributed by atoms with Gasteiger partial charge in [0.15, 0.2) is 0 Å². The molecule has 4 nitrogen and oxygen atoms in total. The summed E-state index contributed by atoms with van der Waals surface area (Å²) in [4.78, 5) is 4.11. The molecule has 0 aromatic carbocycles. The SMILES string of the molecule is CC(C)CNCc1ccncc1OC1COC1. The molecule has 0 aliphatic carbocycles. The molecule has 1 aromatic rings. The Hall–Kier alpha value is -1.13. The van der Waals surface area contributed by atoms with Gasteiger partial charge in [-0.25, -0.2) is 0 Å². The summed E-state index contributed by atoms with van der Waals surface area (Å²) in [5, 5.41) is 3.41. The molecule has 1 aliphatic heterocycles. The minimum atomic E-state index is 0.197. The lowest BCUT2D eigenvalue weighted by atomic mass is 10.2. The highest BCUT2D eigenvalue weighted by Crippen LogP contribution is 2.20. The largest absolute Gasteiger partial charge is 0.484 e. The van der Waals surface area contributed by atoms with Crippen molar-refractivity contribution in [3.63, 3.8) is 0 Å². The molecule has 1 fully saturated rings. The van der Waals surface area contributed by atoms with Crippen molar-refractivity contribution < 1.29 is 9.47 Å². The van der Waals surface area contributed by atoms with Gasteiger partial charge in [-0.2, -0.15) is 0 Å². The maximum absolute atomic E-state index is 5.81. The lowest BCUT2D eigenvalue weighted by Crippen LogP contribution is -2.38. The fourth-order valence-electron chi connectivity index (χ4n) is 1.62. The number of rotatable bonds is 6. The van der Waals surface area contributed by atoms with Gasteiger partial charge in [-0.3, -0.25) is 4.98 Å². The Kier molecular flexibility index (Phi) is 4.34. The van der Waals surface area contributed by atoms with Gasteiger partial charge in [-0.05, 0) is 18.5 Å². The first-order chi connectivity index (χ1) is 8.25. The van der Waals surface area contributed by atoms with Gasteiger partial charge in [0, 0.05) is 18.3 Å². The maximum Gasteiger partial charge on any atom is 0.145 e. The van der Waals surface area contributed by atoms with Crippen LogP contribution in [0.25, 0.3) is 0 Å². The van der Waals surface area contributed by atoms with E-state index >= 15 is 0 Å². The summed E-state index contributed by atoms with van der Waals surface area (Å²) in [6.45, 7) is 7.60. The van der Waals surface area contributed by atoms with E-state index in [0.29, 0.717) is 19.1 Å². The lowest BCUT2D eigenvalue weighted by molar-refractivity contribution is -0.0801. The van der Waals surface area contributed by atoms with Crippen LogP contribution in [0.5, 0.6) is 5.75 Å². The standard InChI is InChI=1S/C13H20N2O2/c1-10(2)5-15-6-11-3-4-14-7-13(11)17-12-8-16-9-12/h3-4,7,10,12,15H,5-6,8-9H2,1-2H3. The zero-order valence-corrected chi connectivity index (χ0v) is 10.5. The van der Waals surface area contributed by atoms with Crippen LogP contribution in [0.15, 0.2) is 18.5 Å². The summed E-state index contributed by atoms with van der Waals surface area (Å²) in [6.07, 6.45) is 3.78. The van der Waals surface area contributed by atoms with Crippen LogP contribution in [0.2, 0.25) is 0 Å². The van der Waals surface area contributed by atoms with Gasteiger partial charge in [0.2, 0.25) is 0 Å². The maximum atomic E-state index is 5.81. The fourth-order valence-corrected chi connectivity index (χ4v) is 1.62. The Morgan fingerprint density at radius 2 is 2.35 bits per heavy atom. The second-order valence-corrected chi connectivity index (χ2v) is 4.79. The van der Waals surface area contributed by atoms with E-state index in [-0.39, 0.29) is 6.10 Å². The lowest BCUT2D eigenvalue weighted by Gasteiger charge is -2.27. The Labute approximate surface area is 102 Å². The summed E-state index contributed by atoms with van der Waals surface area (Å²) in [7, 11) is 0. The molecular weight excluding hydrogens is 216 g/mol. The van der Waals surface area contributed by atoms with Crippen LogP contribution in [-0.2, 0) is 11.3 Å². The van der Waals surface area contributed by atoms with E-state index in [1.54, 1.807) is 12.4 Å². The van der Waals surface area contributed by atoms with Crippen LogP contribution >= 0.6 is 0 Å². The molecule has 1 saturated heterocycles. The molecular formula is C13H20N2O2. The van der Waals surface area contributed by atoms with Crippen LogP contribution in [0, 0.1) is 5.92 Å². The molecule has 0 spiro atoms. The van der Waals surface area contributed by atoms with Crippen LogP contribution < -0.4 is 10.1 Å². The zero-order chi connectivity index (χ0) is 12.1. The first-order valence-electron chi connectivity index (χ1n) is 6.13. The predicted octanol–water partition coefficient (Wildman–Crippen LogP) is 1.60. The minimum absolute atomic E-state index is 0.197. The Bertz CT molecular complexity index is 351. The Morgan fingerprint density at radius 1 is 1.53 bits per heavy atom. The summed E-state index contributed by atoms with van der Waals surface area (Å²) < 4.78 is 10.9. The molecule has 1 N–H and O–H groups in total. The number of nitrogens with zero attached hydrogens (tertiary/aromatic N) is 1. The summed E-state index contributed by atoms with van der Waals surface area (Å²) in [5.74, 6) is 1.53. The second-order valence-electron chi connectivity index (χ2n) is 4.79. The molecule has 0 saturated carbocycles. The van der Waals surface area contributed by atoms with E-state index in [4.69, 9.17) is 9.47 Å². The van der Waals surface area contributed by atoms with Crippen LogP contribution in [0.1, 0.15) is 19.4 Å². The van der Waals surface area contributed by atoms with E-state index in [9.17, 15) is 0 Å². The van der Waals surface area contributed by atoms with E-state index in [0.717, 1.165) is 24.4 Å². The van der Waals surface area contributed by atoms with Crippen molar-refractivity contribution >= 4 is 0 Å². The zero-order valence-electron chi connectivity index (χ0n) is 10.5. The molecule has 0 amide bonds. The molecule has 1 aromatic heterocycles.